The predicted octanol–water partition coefficient (Wildman–Crippen LogP) is 3.69. The van der Waals surface area contributed by atoms with Crippen LogP contribution in [-0.2, 0) is 4.79 Å². The van der Waals surface area contributed by atoms with Crippen LogP contribution in [0, 0.1) is 0 Å². The highest BCUT2D eigenvalue weighted by molar-refractivity contribution is 9.12. The summed E-state index contributed by atoms with van der Waals surface area (Å²) in [7, 11) is 0. The van der Waals surface area contributed by atoms with Crippen LogP contribution in [-0.4, -0.2) is 21.7 Å². The largest absolute Gasteiger partial charge is 0.481 e. The molecule has 0 bridgehead atoms. The third kappa shape index (κ3) is 3.65. The Morgan fingerprint density at radius 1 is 1.47 bits per heavy atom. The maximum Gasteiger partial charge on any atom is 0.304 e. The number of alkyl halides is 1. The lowest BCUT2D eigenvalue weighted by molar-refractivity contribution is -0.136. The van der Waals surface area contributed by atoms with Crippen LogP contribution in [0.4, 0.5) is 0 Å². The molecule has 1 rings (SSSR count). The van der Waals surface area contributed by atoms with Crippen molar-refractivity contribution < 1.29 is 14.7 Å². The van der Waals surface area contributed by atoms with Crippen LogP contribution in [0.3, 0.4) is 0 Å². The molecule has 0 spiro atoms. The van der Waals surface area contributed by atoms with Crippen LogP contribution in [0.5, 0.6) is 0 Å². The number of hydrogen-bond donors (Lipinski definition) is 1. The lowest BCUT2D eigenvalue weighted by Crippen LogP contribution is -2.17. The van der Waals surface area contributed by atoms with Crippen LogP contribution in [0.1, 0.15) is 16.8 Å². The van der Waals surface area contributed by atoms with Crippen molar-refractivity contribution >= 4 is 70.9 Å². The molecule has 1 unspecified atom stereocenters. The van der Waals surface area contributed by atoms with Gasteiger partial charge < -0.3 is 5.11 Å². The Kier molecular flexibility index (Phi) is 4.95. The molecule has 82 valence electrons. The summed E-state index contributed by atoms with van der Waals surface area (Å²) < 4.78 is 1.53. The fourth-order valence-electron chi connectivity index (χ4n) is 0.923. The van der Waals surface area contributed by atoms with Gasteiger partial charge in [0.25, 0.3) is 0 Å². The predicted molar refractivity (Wildman–Crippen MR) is 69.0 cm³/mol. The molecule has 15 heavy (non-hydrogen) atoms. The molecule has 0 saturated heterocycles. The Labute approximate surface area is 115 Å². The van der Waals surface area contributed by atoms with Crippen molar-refractivity contribution in [1.82, 2.24) is 0 Å². The minimum absolute atomic E-state index is 0.223. The van der Waals surface area contributed by atoms with Crippen LogP contribution >= 0.6 is 59.1 Å². The number of rotatable bonds is 4. The average molecular weight is 421 g/mol. The monoisotopic (exact) mass is 418 g/mol. The summed E-state index contributed by atoms with van der Waals surface area (Å²) >= 11 is 10.9. The fraction of sp³-hybridized carbons (Fsp3) is 0.250. The minimum Gasteiger partial charge on any atom is -0.481 e. The first-order valence-electron chi connectivity index (χ1n) is 3.76. The highest BCUT2D eigenvalue weighted by Crippen LogP contribution is 2.33. The molecule has 0 fully saturated rings. The van der Waals surface area contributed by atoms with E-state index >= 15 is 0 Å². The third-order valence-electron chi connectivity index (χ3n) is 1.56. The van der Waals surface area contributed by atoms with Gasteiger partial charge >= 0.3 is 5.97 Å². The van der Waals surface area contributed by atoms with Crippen LogP contribution in [0.15, 0.2) is 13.6 Å². The van der Waals surface area contributed by atoms with Crippen molar-refractivity contribution in [3.05, 3.63) is 19.2 Å². The molecule has 1 aromatic rings. The molecule has 0 aliphatic heterocycles. The lowest BCUT2D eigenvalue weighted by Gasteiger charge is -2.04. The molecule has 0 aliphatic rings. The fourth-order valence-corrected chi connectivity index (χ4v) is 4.26. The number of ketones is 1. The van der Waals surface area contributed by atoms with Gasteiger partial charge in [0.2, 0.25) is 0 Å². The van der Waals surface area contributed by atoms with E-state index in [4.69, 9.17) is 5.11 Å². The summed E-state index contributed by atoms with van der Waals surface area (Å²) in [6.45, 7) is 0. The second kappa shape index (κ2) is 5.56. The Morgan fingerprint density at radius 3 is 2.47 bits per heavy atom. The van der Waals surface area contributed by atoms with E-state index in [1.165, 1.54) is 11.3 Å². The molecular formula is C8H5Br3O3S. The molecule has 1 atom stereocenters. The zero-order valence-electron chi connectivity index (χ0n) is 7.17. The van der Waals surface area contributed by atoms with Gasteiger partial charge in [0.1, 0.15) is 0 Å². The number of hydrogen-bond acceptors (Lipinski definition) is 3. The zero-order chi connectivity index (χ0) is 11.6. The third-order valence-corrected chi connectivity index (χ3v) is 4.64. The molecule has 0 amide bonds. The van der Waals surface area contributed by atoms with Gasteiger partial charge in [-0.05, 0) is 37.9 Å². The second-order valence-corrected chi connectivity index (χ2v) is 7.52. The van der Waals surface area contributed by atoms with Crippen molar-refractivity contribution in [3.8, 4) is 0 Å². The number of carbonyl (C=O) groups is 2. The number of carbonyl (C=O) groups excluding carboxylic acids is 1. The van der Waals surface area contributed by atoms with Gasteiger partial charge in [0.05, 0.1) is 18.8 Å². The van der Waals surface area contributed by atoms with Gasteiger partial charge in [-0.2, -0.15) is 0 Å². The van der Waals surface area contributed by atoms with Gasteiger partial charge in [-0.3, -0.25) is 9.59 Å². The van der Waals surface area contributed by atoms with Crippen LogP contribution in [0.2, 0.25) is 0 Å². The second-order valence-electron chi connectivity index (χ2n) is 2.67. The standard InChI is InChI=1S/C8H5Br3O3S/c9-4(2-6(12)13)7(14)3-1-5(10)15-8(3)11/h1,4H,2H2,(H,12,13). The van der Waals surface area contributed by atoms with Crippen LogP contribution < -0.4 is 0 Å². The van der Waals surface area contributed by atoms with E-state index < -0.39 is 10.8 Å². The number of Topliss-reactive ketones (excluding diaryl/α,β-unsaturated/α-hetero) is 1. The summed E-state index contributed by atoms with van der Waals surface area (Å²) in [5, 5.41) is 8.55. The molecule has 1 N–H and O–H groups in total. The summed E-state index contributed by atoms with van der Waals surface area (Å²) in [5.74, 6) is -1.23. The summed E-state index contributed by atoms with van der Waals surface area (Å²) in [6.07, 6.45) is -0.223. The van der Waals surface area contributed by atoms with E-state index in [9.17, 15) is 9.59 Å². The van der Waals surface area contributed by atoms with Gasteiger partial charge in [-0.25, -0.2) is 0 Å². The maximum absolute atomic E-state index is 11.8. The van der Waals surface area contributed by atoms with Crippen molar-refractivity contribution in [3.63, 3.8) is 0 Å². The average Bonchev–Trinajstić information content (AvgIpc) is 2.42. The van der Waals surface area contributed by atoms with Crippen molar-refractivity contribution in [2.75, 3.05) is 0 Å². The molecule has 7 heteroatoms. The van der Waals surface area contributed by atoms with Crippen LogP contribution in [0.25, 0.3) is 0 Å². The van der Waals surface area contributed by atoms with E-state index in [2.05, 4.69) is 47.8 Å². The molecule has 0 radical (unpaired) electrons. The van der Waals surface area contributed by atoms with Gasteiger partial charge in [0.15, 0.2) is 5.78 Å². The van der Waals surface area contributed by atoms with E-state index in [1.54, 1.807) is 6.07 Å². The van der Waals surface area contributed by atoms with Gasteiger partial charge in [-0.1, -0.05) is 15.9 Å². The van der Waals surface area contributed by atoms with Crippen molar-refractivity contribution in [2.24, 2.45) is 0 Å². The normalized spacial score (nSPS) is 12.5. The molecule has 0 aliphatic carbocycles. The number of aliphatic carboxylic acids is 1. The first-order valence-corrected chi connectivity index (χ1v) is 7.08. The first kappa shape index (κ1) is 13.3. The van der Waals surface area contributed by atoms with E-state index in [0.29, 0.717) is 9.35 Å². The van der Waals surface area contributed by atoms with E-state index in [1.807, 2.05) is 0 Å². The number of carboxylic acid groups (broad SMARTS) is 1. The lowest BCUT2D eigenvalue weighted by atomic mass is 10.1. The quantitative estimate of drug-likeness (QED) is 0.597. The molecule has 0 saturated carbocycles. The zero-order valence-corrected chi connectivity index (χ0v) is 12.7. The number of thiophene rings is 1. The van der Waals surface area contributed by atoms with Gasteiger partial charge in [0, 0.05) is 5.56 Å². The summed E-state index contributed by atoms with van der Waals surface area (Å²) in [5.41, 5.74) is 0.495. The molecule has 3 nitrogen and oxygen atoms in total. The highest BCUT2D eigenvalue weighted by Gasteiger charge is 2.23. The molecule has 1 aromatic heterocycles. The SMILES string of the molecule is O=C(O)CC(Br)C(=O)c1cc(Br)sc1Br. The molecule has 0 aromatic carbocycles. The summed E-state index contributed by atoms with van der Waals surface area (Å²) in [6, 6.07) is 1.67. The Balaban J connectivity index is 2.84. The summed E-state index contributed by atoms with van der Waals surface area (Å²) in [4.78, 5) is 21.5. The number of carboxylic acids is 1. The van der Waals surface area contributed by atoms with Crippen molar-refractivity contribution in [2.45, 2.75) is 11.2 Å². The van der Waals surface area contributed by atoms with E-state index in [0.717, 1.165) is 3.79 Å². The highest BCUT2D eigenvalue weighted by atomic mass is 79.9. The minimum atomic E-state index is -1.00. The Morgan fingerprint density at radius 2 is 2.07 bits per heavy atom. The molecular weight excluding hydrogens is 416 g/mol. The number of halogens is 3. The molecule has 1 heterocycles. The Bertz CT molecular complexity index is 402. The first-order chi connectivity index (χ1) is 6.91. The van der Waals surface area contributed by atoms with E-state index in [-0.39, 0.29) is 12.2 Å². The Hall–Kier alpha value is 0.280. The topological polar surface area (TPSA) is 54.4 Å². The van der Waals surface area contributed by atoms with Gasteiger partial charge in [-0.15, -0.1) is 11.3 Å². The van der Waals surface area contributed by atoms with Crippen molar-refractivity contribution in [1.29, 1.82) is 0 Å². The smallest absolute Gasteiger partial charge is 0.304 e. The maximum atomic E-state index is 11.8.